The predicted octanol–water partition coefficient (Wildman–Crippen LogP) is 6.05. The number of aliphatic hydroxyl groups excluding tert-OH is 2. The molecule has 1 aromatic rings. The van der Waals surface area contributed by atoms with Crippen LogP contribution in [0, 0.1) is 35.5 Å². The molecule has 1 saturated carbocycles. The number of rotatable bonds is 7. The minimum absolute atomic E-state index is 0.0170. The van der Waals surface area contributed by atoms with Gasteiger partial charge < -0.3 is 43.9 Å². The lowest BCUT2D eigenvalue weighted by atomic mass is 9.77. The van der Waals surface area contributed by atoms with E-state index in [1.54, 1.807) is 59.0 Å². The Labute approximate surface area is 426 Å². The van der Waals surface area contributed by atoms with E-state index in [1.165, 1.54) is 12.0 Å². The summed E-state index contributed by atoms with van der Waals surface area (Å²) in [5.41, 5.74) is 1.27. The second kappa shape index (κ2) is 29.0. The number of amides is 1. The van der Waals surface area contributed by atoms with Gasteiger partial charge in [-0.2, -0.15) is 0 Å². The number of carbonyl (C=O) groups is 5. The fourth-order valence-electron chi connectivity index (χ4n) is 10.7. The first kappa shape index (κ1) is 60.3. The van der Waals surface area contributed by atoms with E-state index in [-0.39, 0.29) is 67.5 Å². The minimum atomic E-state index is -2.43. The molecule has 404 valence electrons. The summed E-state index contributed by atoms with van der Waals surface area (Å²) in [7, 11) is 4.62. The summed E-state index contributed by atoms with van der Waals surface area (Å²) < 4.78 is 31.6. The van der Waals surface area contributed by atoms with Crippen molar-refractivity contribution < 1.29 is 63.0 Å². The van der Waals surface area contributed by atoms with Gasteiger partial charge in [0.15, 0.2) is 5.78 Å². The number of tetrazole rings is 1. The predicted molar refractivity (Wildman–Crippen MR) is 269 cm³/mol. The molecule has 18 heteroatoms. The van der Waals surface area contributed by atoms with Crippen LogP contribution in [0.3, 0.4) is 0 Å². The van der Waals surface area contributed by atoms with E-state index in [0.29, 0.717) is 56.9 Å². The van der Waals surface area contributed by atoms with Crippen molar-refractivity contribution in [3.05, 3.63) is 53.9 Å². The van der Waals surface area contributed by atoms with E-state index in [0.717, 1.165) is 18.4 Å². The van der Waals surface area contributed by atoms with Gasteiger partial charge in [-0.15, -0.1) is 5.10 Å². The number of Topliss-reactive ketones (excluding diaryl/α,β-unsaturated/α-hetero) is 3. The number of fused-ring (bicyclic) bond motifs is 3. The van der Waals surface area contributed by atoms with Crippen LogP contribution in [-0.4, -0.2) is 153 Å². The molecule has 3 aliphatic heterocycles. The Kier molecular flexibility index (Phi) is 24.2. The summed E-state index contributed by atoms with van der Waals surface area (Å²) in [6.45, 7) is 14.7. The zero-order valence-electron chi connectivity index (χ0n) is 44.7. The molecule has 0 aromatic carbocycles. The molecule has 3 fully saturated rings. The first-order valence-corrected chi connectivity index (χ1v) is 26.1. The molecule has 5 rings (SSSR count). The van der Waals surface area contributed by atoms with Gasteiger partial charge in [0.25, 0.3) is 11.7 Å². The van der Waals surface area contributed by atoms with Gasteiger partial charge in [-0.1, -0.05) is 71.1 Å². The maximum Gasteiger partial charge on any atom is 0.329 e. The Morgan fingerprint density at radius 1 is 0.889 bits per heavy atom. The fourth-order valence-corrected chi connectivity index (χ4v) is 10.7. The average molecular weight is 1010 g/mol. The van der Waals surface area contributed by atoms with Crippen molar-refractivity contribution in [2.75, 3.05) is 34.5 Å². The first-order valence-electron chi connectivity index (χ1n) is 26.1. The molecule has 1 amide bonds. The summed E-state index contributed by atoms with van der Waals surface area (Å²) in [5.74, 6) is -7.92. The summed E-state index contributed by atoms with van der Waals surface area (Å²) in [4.78, 5) is 72.3. The van der Waals surface area contributed by atoms with Crippen LogP contribution in [0.4, 0.5) is 0 Å². The molecular formula is C54H85N5O13. The number of methoxy groups -OCH3 is 3. The van der Waals surface area contributed by atoms with Crippen molar-refractivity contribution in [3.8, 4) is 0 Å². The van der Waals surface area contributed by atoms with E-state index in [2.05, 4.69) is 15.5 Å². The topological polar surface area (TPSA) is 239 Å². The third-order valence-electron chi connectivity index (χ3n) is 15.2. The van der Waals surface area contributed by atoms with Crippen LogP contribution in [0.25, 0.3) is 0 Å². The van der Waals surface area contributed by atoms with Crippen molar-refractivity contribution in [3.63, 3.8) is 0 Å². The van der Waals surface area contributed by atoms with Gasteiger partial charge in [-0.05, 0) is 124 Å². The normalized spacial score (nSPS) is 36.2. The Hall–Kier alpha value is -4.30. The Balaban J connectivity index is 0.00000365. The van der Waals surface area contributed by atoms with Crippen LogP contribution in [0.1, 0.15) is 138 Å². The van der Waals surface area contributed by atoms with E-state index < -0.39 is 77.8 Å². The molecule has 3 N–H and O–H groups in total. The van der Waals surface area contributed by atoms with Gasteiger partial charge in [-0.3, -0.25) is 19.2 Å². The molecule has 1 aliphatic carbocycles. The van der Waals surface area contributed by atoms with Crippen molar-refractivity contribution in [1.29, 1.82) is 0 Å². The zero-order valence-corrected chi connectivity index (χ0v) is 44.7. The third kappa shape index (κ3) is 16.1. The number of aliphatic hydroxyl groups is 3. The van der Waals surface area contributed by atoms with Gasteiger partial charge in [0, 0.05) is 65.1 Å². The lowest BCUT2D eigenvalue weighted by molar-refractivity contribution is -0.265. The molecule has 4 heterocycles. The molecule has 72 heavy (non-hydrogen) atoms. The van der Waals surface area contributed by atoms with Crippen LogP contribution in [-0.2, 0) is 47.7 Å². The minimum Gasteiger partial charge on any atom is -0.460 e. The largest absolute Gasteiger partial charge is 0.460 e. The standard InChI is InChI=1S/C52H79N5O12.C2H6O/c1-31-16-12-11-13-17-32(2)43(65-8)28-39-21-19-37(7)52(64,69-39)49(61)50(62)56-23-15-14-18-41(56)51(63)68-44(34(4)26-38-20-22-40(45(27-38)66-9)57-30-53-54-55-57)29-42(58)33(3)25-36(6)47(60)48(67-10)46(59)35(5)24-31;1-2-3/h11-13,16-17,25,30-31,33-35,37-41,43-45,47-48,60,64H,14-15,18-24,26-29H2,1-10H3;3H,2H2,1H3/b13-11?,16-12+,32-17?,36-25+;/t31-,33-,34-,35-,37-,38+,39?,40+,41+,43+,44+,45-,47-,48+,52-;/m1./s1. The second-order valence-electron chi connectivity index (χ2n) is 20.7. The number of ether oxygens (including phenoxy) is 5. The first-order chi connectivity index (χ1) is 34.2. The summed E-state index contributed by atoms with van der Waals surface area (Å²) in [6, 6.07) is -1.19. The van der Waals surface area contributed by atoms with Gasteiger partial charge in [0.05, 0.1) is 24.4 Å². The molecule has 4 aliphatic rings. The van der Waals surface area contributed by atoms with Crippen LogP contribution in [0.15, 0.2) is 53.9 Å². The van der Waals surface area contributed by atoms with Gasteiger partial charge in [0.1, 0.15) is 36.5 Å². The number of esters is 1. The highest BCUT2D eigenvalue weighted by Gasteiger charge is 2.53. The number of hydrogen-bond donors (Lipinski definition) is 3. The second-order valence-corrected chi connectivity index (χ2v) is 20.7. The smallest absolute Gasteiger partial charge is 0.329 e. The average Bonchev–Trinajstić information content (AvgIpc) is 3.91. The Bertz CT molecular complexity index is 2040. The van der Waals surface area contributed by atoms with Gasteiger partial charge >= 0.3 is 5.97 Å². The van der Waals surface area contributed by atoms with E-state index in [4.69, 9.17) is 28.8 Å². The van der Waals surface area contributed by atoms with Crippen LogP contribution in [0.5, 0.6) is 0 Å². The molecule has 0 spiro atoms. The quantitative estimate of drug-likeness (QED) is 0.160. The SMILES string of the molecule is CCO.CO[C@H]1CC2CC[C@@H](C)[C@@](O)(O2)C(=O)C(=O)N2CCCC[C@H]2C(=O)O[C@H]([C@H](C)C[C@@H]2CC[C@H](n3cnnn3)[C@H](OC)C2)CC(=O)[C@H](C)/C=C(\C)[C@@H](O)[C@@H](OC)C(=O)[C@H](C)C[C@H](C)/C=C/C=CC=C1C. The van der Waals surface area contributed by atoms with Crippen LogP contribution in [0.2, 0.25) is 0 Å². The summed E-state index contributed by atoms with van der Waals surface area (Å²) >= 11 is 0. The molecule has 0 radical (unpaired) electrons. The molecule has 2 bridgehead atoms. The number of piperidine rings is 1. The lowest BCUT2D eigenvalue weighted by Crippen LogP contribution is -2.61. The van der Waals surface area contributed by atoms with E-state index >= 15 is 0 Å². The molecule has 18 nitrogen and oxygen atoms in total. The van der Waals surface area contributed by atoms with Crippen LogP contribution < -0.4 is 0 Å². The Morgan fingerprint density at radius 3 is 2.26 bits per heavy atom. The van der Waals surface area contributed by atoms with E-state index in [9.17, 15) is 34.2 Å². The molecule has 1 aromatic heterocycles. The lowest BCUT2D eigenvalue weighted by Gasteiger charge is -2.42. The number of nitrogens with zero attached hydrogens (tertiary/aromatic N) is 5. The van der Waals surface area contributed by atoms with Crippen molar-refractivity contribution >= 4 is 29.2 Å². The number of aromatic nitrogens is 4. The van der Waals surface area contributed by atoms with Crippen molar-refractivity contribution in [2.45, 2.75) is 187 Å². The highest BCUT2D eigenvalue weighted by molar-refractivity contribution is 6.39. The number of hydrogen-bond acceptors (Lipinski definition) is 16. The maximum atomic E-state index is 14.5. The maximum absolute atomic E-state index is 14.5. The molecule has 2 saturated heterocycles. The summed E-state index contributed by atoms with van der Waals surface area (Å²) in [6.07, 6.45) is 13.9. The van der Waals surface area contributed by atoms with Crippen molar-refractivity contribution in [1.82, 2.24) is 25.1 Å². The van der Waals surface area contributed by atoms with Crippen molar-refractivity contribution in [2.24, 2.45) is 35.5 Å². The summed E-state index contributed by atoms with van der Waals surface area (Å²) in [5, 5.41) is 42.8. The Morgan fingerprint density at radius 2 is 1.61 bits per heavy atom. The highest BCUT2D eigenvalue weighted by atomic mass is 16.6. The number of allylic oxidation sites excluding steroid dienone is 6. The number of carbonyl (C=O) groups excluding carboxylic acids is 5. The number of ketones is 3. The third-order valence-corrected chi connectivity index (χ3v) is 15.2. The monoisotopic (exact) mass is 1010 g/mol. The zero-order chi connectivity index (χ0) is 53.3. The highest BCUT2D eigenvalue weighted by Crippen LogP contribution is 2.39. The molecule has 1 unspecified atom stereocenters. The van der Waals surface area contributed by atoms with E-state index in [1.807, 2.05) is 58.1 Å². The fraction of sp³-hybridized carbons (Fsp3) is 0.741. The van der Waals surface area contributed by atoms with Gasteiger partial charge in [-0.25, -0.2) is 9.48 Å². The van der Waals surface area contributed by atoms with Gasteiger partial charge in [0.2, 0.25) is 5.79 Å². The molecule has 15 atom stereocenters. The van der Waals surface area contributed by atoms with Crippen LogP contribution >= 0.6 is 0 Å². The molecular weight excluding hydrogens is 927 g/mol. The number of cyclic esters (lactones) is 1.